The fourth-order valence-electron chi connectivity index (χ4n) is 5.59. The van der Waals surface area contributed by atoms with Crippen LogP contribution < -0.4 is 9.59 Å². The van der Waals surface area contributed by atoms with Gasteiger partial charge in [0.15, 0.2) is 23.3 Å². The van der Waals surface area contributed by atoms with Gasteiger partial charge in [-0.3, -0.25) is 0 Å². The van der Waals surface area contributed by atoms with Crippen molar-refractivity contribution < 1.29 is 33.5 Å². The number of aromatic amines is 2. The molecule has 5 heterocycles. The summed E-state index contributed by atoms with van der Waals surface area (Å²) >= 11 is 0. The van der Waals surface area contributed by atoms with Crippen LogP contribution in [-0.2, 0) is 23.9 Å². The summed E-state index contributed by atoms with van der Waals surface area (Å²) in [6.07, 6.45) is 0. The first-order valence-electron chi connectivity index (χ1n) is 13.6. The Bertz CT molecular complexity index is 2150. The predicted molar refractivity (Wildman–Crippen MR) is 162 cm³/mol. The first-order valence-corrected chi connectivity index (χ1v) is 14.8. The van der Waals surface area contributed by atoms with Crippen molar-refractivity contribution in [1.82, 2.24) is 39.9 Å². The number of nitrogens with zero attached hydrogens (tertiary/aromatic N) is 6. The standard InChI is InChI=1S/C32H18N8.O3Si.Zn/c1-2-10-18-17(9-1)25-33-26(18)38-28-21-13-5-6-14-22(21)30(35-28)40-32-24-16-8-7-15-23(24)31(36-32)39-29-20-12-4-3-11-19(20)27(34-29)37-25;1-4(2)3;/h1-16H,(H2,33,34,35,36,37,38,39,40);;/q;-2;+2. The average molecular weight is 656 g/mol. The molecular weight excluding hydrogens is 638 g/mol. The van der Waals surface area contributed by atoms with E-state index in [1.807, 2.05) is 97.1 Å². The number of H-pyrrole nitrogens is 2. The Kier molecular flexibility index (Phi) is 7.03. The molecule has 7 aromatic rings. The van der Waals surface area contributed by atoms with Gasteiger partial charge in [0.25, 0.3) is 0 Å². The molecule has 45 heavy (non-hydrogen) atoms. The number of hydrogen-bond donors (Lipinski definition) is 2. The van der Waals surface area contributed by atoms with Crippen molar-refractivity contribution in [3.05, 3.63) is 97.1 Å². The average Bonchev–Trinajstić information content (AvgIpc) is 3.76. The van der Waals surface area contributed by atoms with Crippen molar-refractivity contribution >= 4 is 53.3 Å². The van der Waals surface area contributed by atoms with Crippen molar-refractivity contribution in [2.75, 3.05) is 0 Å². The van der Waals surface area contributed by atoms with E-state index < -0.39 is 9.17 Å². The van der Waals surface area contributed by atoms with E-state index in [4.69, 9.17) is 44.0 Å². The molecule has 0 spiro atoms. The van der Waals surface area contributed by atoms with Gasteiger partial charge in [0.2, 0.25) is 0 Å². The van der Waals surface area contributed by atoms with Gasteiger partial charge >= 0.3 is 19.5 Å². The number of benzene rings is 4. The Morgan fingerprint density at radius 1 is 0.422 bits per heavy atom. The van der Waals surface area contributed by atoms with Crippen LogP contribution in [0, 0.1) is 0 Å². The Labute approximate surface area is 268 Å². The van der Waals surface area contributed by atoms with Crippen LogP contribution in [0.2, 0.25) is 0 Å². The summed E-state index contributed by atoms with van der Waals surface area (Å²) in [5.41, 5.74) is 6.45. The number of aromatic nitrogens is 8. The molecule has 2 aliphatic heterocycles. The number of hydrogen-bond acceptors (Lipinski definition) is 9. The van der Waals surface area contributed by atoms with E-state index in [9.17, 15) is 0 Å². The Morgan fingerprint density at radius 2 is 0.644 bits per heavy atom. The molecule has 210 valence electrons. The third-order valence-electron chi connectivity index (χ3n) is 7.46. The molecule has 0 saturated heterocycles. The first kappa shape index (κ1) is 28.3. The summed E-state index contributed by atoms with van der Waals surface area (Å²) in [6.45, 7) is 0. The minimum absolute atomic E-state index is 0. The van der Waals surface area contributed by atoms with Gasteiger partial charge in [-0.05, 0) is 0 Å². The molecule has 3 aromatic heterocycles. The zero-order chi connectivity index (χ0) is 29.8. The van der Waals surface area contributed by atoms with Crippen LogP contribution in [0.1, 0.15) is 0 Å². The molecule has 9 rings (SSSR count). The van der Waals surface area contributed by atoms with Gasteiger partial charge in [0, 0.05) is 53.0 Å². The second kappa shape index (κ2) is 11.2. The van der Waals surface area contributed by atoms with Gasteiger partial charge in [-0.1, -0.05) is 97.1 Å². The molecule has 4 aromatic carbocycles. The van der Waals surface area contributed by atoms with E-state index in [1.165, 1.54) is 0 Å². The molecule has 0 radical (unpaired) electrons. The van der Waals surface area contributed by atoms with Crippen molar-refractivity contribution in [1.29, 1.82) is 0 Å². The summed E-state index contributed by atoms with van der Waals surface area (Å²) in [6, 6.07) is 32.2. The molecule has 0 saturated carbocycles. The van der Waals surface area contributed by atoms with Gasteiger partial charge in [-0.25, -0.2) is 29.9 Å². The minimum Gasteiger partial charge on any atom is -0.672 e. The molecule has 0 amide bonds. The second-order valence-electron chi connectivity index (χ2n) is 10.0. The number of nitrogens with one attached hydrogen (secondary N) is 2. The van der Waals surface area contributed by atoms with Crippen LogP contribution in [-0.4, -0.2) is 49.0 Å². The molecule has 11 nitrogen and oxygen atoms in total. The van der Waals surface area contributed by atoms with E-state index in [2.05, 4.69) is 9.97 Å². The van der Waals surface area contributed by atoms with Gasteiger partial charge in [0.1, 0.15) is 22.6 Å². The predicted octanol–water partition coefficient (Wildman–Crippen LogP) is 3.99. The van der Waals surface area contributed by atoms with Crippen molar-refractivity contribution in [3.8, 4) is 45.6 Å². The van der Waals surface area contributed by atoms with Crippen LogP contribution in [0.15, 0.2) is 97.1 Å². The van der Waals surface area contributed by atoms with Crippen LogP contribution in [0.3, 0.4) is 0 Å². The van der Waals surface area contributed by atoms with Gasteiger partial charge in [0.05, 0.1) is 0 Å². The smallest absolute Gasteiger partial charge is 0.672 e. The van der Waals surface area contributed by atoms with Gasteiger partial charge in [-0.2, -0.15) is 0 Å². The topological polar surface area (TPSA) is 172 Å². The molecule has 2 aliphatic rings. The summed E-state index contributed by atoms with van der Waals surface area (Å²) in [5, 5.41) is 3.82. The SMILES string of the molecule is O=[Si]([O-])[O-].[Zn+2].c1ccc2c(c1)-c1nc-2nc2[nH]c(nc3nc(nc4[nH]c(n1)c1ccccc41)-c1ccccc1-3)c1ccccc21. The minimum atomic E-state index is -3.63. The third kappa shape index (κ3) is 4.88. The Balaban J connectivity index is 0.000000617. The maximum absolute atomic E-state index is 8.52. The van der Waals surface area contributed by atoms with Crippen LogP contribution >= 0.6 is 0 Å². The fourth-order valence-corrected chi connectivity index (χ4v) is 5.59. The molecule has 2 N–H and O–H groups in total. The molecule has 13 heteroatoms. The summed E-state index contributed by atoms with van der Waals surface area (Å²) in [7, 11) is -3.63. The maximum atomic E-state index is 8.52. The molecule has 0 unspecified atom stereocenters. The second-order valence-corrected chi connectivity index (χ2v) is 10.5. The molecule has 0 aliphatic carbocycles. The monoisotopic (exact) mass is 654 g/mol. The number of fused-ring (bicyclic) bond motifs is 20. The van der Waals surface area contributed by atoms with Gasteiger partial charge < -0.3 is 24.0 Å². The van der Waals surface area contributed by atoms with E-state index in [0.717, 1.165) is 43.8 Å². The fraction of sp³-hybridized carbons (Fsp3) is 0. The molecular formula is C32H18N8O3SiZn. The normalized spacial score (nSPS) is 11.2. The third-order valence-corrected chi connectivity index (χ3v) is 7.46. The van der Waals surface area contributed by atoms with Crippen molar-refractivity contribution in [3.63, 3.8) is 0 Å². The van der Waals surface area contributed by atoms with Crippen molar-refractivity contribution in [2.24, 2.45) is 0 Å². The quantitative estimate of drug-likeness (QED) is 0.229. The zero-order valence-corrected chi connectivity index (χ0v) is 27.3. The van der Waals surface area contributed by atoms with E-state index in [0.29, 0.717) is 45.9 Å². The van der Waals surface area contributed by atoms with E-state index in [1.54, 1.807) is 0 Å². The zero-order valence-electron chi connectivity index (χ0n) is 23.4. The van der Waals surface area contributed by atoms with Crippen LogP contribution in [0.5, 0.6) is 0 Å². The van der Waals surface area contributed by atoms with Crippen LogP contribution in [0.4, 0.5) is 0 Å². The Hall–Kier alpha value is -5.52. The van der Waals surface area contributed by atoms with Gasteiger partial charge in [-0.15, -0.1) is 0 Å². The summed E-state index contributed by atoms with van der Waals surface area (Å²) in [5.74, 6) is 2.39. The maximum Gasteiger partial charge on any atom is 2.00 e. The molecule has 8 bridgehead atoms. The van der Waals surface area contributed by atoms with Crippen LogP contribution in [0.25, 0.3) is 89.7 Å². The molecule has 0 atom stereocenters. The van der Waals surface area contributed by atoms with E-state index in [-0.39, 0.29) is 19.5 Å². The van der Waals surface area contributed by atoms with Crippen molar-refractivity contribution in [2.45, 2.75) is 0 Å². The molecule has 0 fully saturated rings. The summed E-state index contributed by atoms with van der Waals surface area (Å²) in [4.78, 5) is 53.8. The van der Waals surface area contributed by atoms with E-state index >= 15 is 0 Å². The largest absolute Gasteiger partial charge is 2.00 e. The Morgan fingerprint density at radius 3 is 0.889 bits per heavy atom. The summed E-state index contributed by atoms with van der Waals surface area (Å²) < 4.78 is 8.52. The first-order chi connectivity index (χ1) is 21.5. The number of rotatable bonds is 0.